The molecule has 0 bridgehead atoms. The van der Waals surface area contributed by atoms with Crippen LogP contribution in [0, 0.1) is 11.2 Å². The van der Waals surface area contributed by atoms with E-state index in [1.807, 2.05) is 4.90 Å². The molecule has 2 aliphatic heterocycles. The van der Waals surface area contributed by atoms with Crippen molar-refractivity contribution in [3.8, 4) is 22.8 Å². The number of piperidine rings is 1. The Labute approximate surface area is 233 Å². The predicted molar refractivity (Wildman–Crippen MR) is 142 cm³/mol. The second kappa shape index (κ2) is 11.0. The smallest absolute Gasteiger partial charge is 0.429 e. The number of halogens is 4. The number of alkyl halides is 3. The lowest BCUT2D eigenvalue weighted by atomic mass is 9.76. The van der Waals surface area contributed by atoms with Gasteiger partial charge in [-0.15, -0.1) is 0 Å². The number of aromatic nitrogens is 2. The van der Waals surface area contributed by atoms with Crippen molar-refractivity contribution in [2.75, 3.05) is 37.4 Å². The van der Waals surface area contributed by atoms with Gasteiger partial charge >= 0.3 is 12.1 Å². The molecule has 0 amide bonds. The van der Waals surface area contributed by atoms with E-state index in [0.717, 1.165) is 0 Å². The number of methoxy groups -OCH3 is 1. The van der Waals surface area contributed by atoms with Gasteiger partial charge in [0.05, 0.1) is 7.11 Å². The van der Waals surface area contributed by atoms with Gasteiger partial charge in [0.1, 0.15) is 23.4 Å². The quantitative estimate of drug-likeness (QED) is 0.347. The van der Waals surface area contributed by atoms with Crippen molar-refractivity contribution in [3.63, 3.8) is 0 Å². The first kappa shape index (κ1) is 28.4. The highest BCUT2D eigenvalue weighted by Gasteiger charge is 2.45. The van der Waals surface area contributed by atoms with Gasteiger partial charge in [0.25, 0.3) is 0 Å². The highest BCUT2D eigenvalue weighted by Crippen LogP contribution is 2.42. The zero-order valence-electron chi connectivity index (χ0n) is 22.1. The monoisotopic (exact) mass is 575 g/mol. The maximum atomic E-state index is 14.2. The van der Waals surface area contributed by atoms with E-state index >= 15 is 0 Å². The second-order valence-electron chi connectivity index (χ2n) is 10.4. The normalized spacial score (nSPS) is 19.2. The first-order chi connectivity index (χ1) is 19.5. The number of carbonyl (C=O) groups is 1. The number of carboxylic acid groups (broad SMARTS) is 1. The number of aliphatic carboxylic acids is 1. The number of nitrogens with one attached hydrogen (secondary N) is 1. The molecule has 0 radical (unpaired) electrons. The Balaban J connectivity index is 1.33. The summed E-state index contributed by atoms with van der Waals surface area (Å²) in [4.78, 5) is 21.3. The number of nitrogens with zero attached hydrogens (tertiary/aromatic N) is 3. The lowest BCUT2D eigenvalue weighted by Gasteiger charge is -2.39. The Hall–Kier alpha value is -4.13. The summed E-state index contributed by atoms with van der Waals surface area (Å²) in [6, 6.07) is 10.2. The summed E-state index contributed by atoms with van der Waals surface area (Å²) in [5.74, 6) is -1.34. The van der Waals surface area contributed by atoms with E-state index in [-0.39, 0.29) is 28.6 Å². The van der Waals surface area contributed by atoms with E-state index in [1.165, 1.54) is 55.6 Å². The molecule has 2 aromatic carbocycles. The van der Waals surface area contributed by atoms with Crippen molar-refractivity contribution in [3.05, 3.63) is 59.9 Å². The SMILES string of the molecule is COc1cc(F)ccc1-c1ccc([C@@H](Oc2cc(N3CCC4(CC3)CN[C@H](C(=O)O)C4)nc(N)n2)C(F)(F)F)cc1. The van der Waals surface area contributed by atoms with Gasteiger partial charge in [-0.25, -0.2) is 4.39 Å². The maximum Gasteiger partial charge on any atom is 0.429 e. The minimum atomic E-state index is -4.78. The molecular weight excluding hydrogens is 546 g/mol. The number of ether oxygens (including phenoxy) is 2. The molecular formula is C28H29F4N5O4. The Morgan fingerprint density at radius 3 is 2.46 bits per heavy atom. The molecule has 2 atom stereocenters. The van der Waals surface area contributed by atoms with Crippen molar-refractivity contribution in [1.29, 1.82) is 0 Å². The zero-order valence-corrected chi connectivity index (χ0v) is 22.1. The van der Waals surface area contributed by atoms with Crippen LogP contribution in [-0.4, -0.2) is 60.0 Å². The third-order valence-corrected chi connectivity index (χ3v) is 7.74. The van der Waals surface area contributed by atoms with Crippen LogP contribution in [0.1, 0.15) is 30.9 Å². The fourth-order valence-electron chi connectivity index (χ4n) is 5.52. The largest absolute Gasteiger partial charge is 0.496 e. The Morgan fingerprint density at radius 2 is 1.85 bits per heavy atom. The van der Waals surface area contributed by atoms with Gasteiger partial charge in [-0.1, -0.05) is 24.3 Å². The average molecular weight is 576 g/mol. The Kier molecular flexibility index (Phi) is 7.64. The van der Waals surface area contributed by atoms with Gasteiger partial charge in [0.2, 0.25) is 17.9 Å². The molecule has 2 saturated heterocycles. The number of hydrogen-bond donors (Lipinski definition) is 3. The van der Waals surface area contributed by atoms with E-state index < -0.39 is 30.1 Å². The molecule has 9 nitrogen and oxygen atoms in total. The highest BCUT2D eigenvalue weighted by molar-refractivity contribution is 5.74. The number of nitrogens with two attached hydrogens (primary N) is 1. The molecule has 41 heavy (non-hydrogen) atoms. The molecule has 0 unspecified atom stereocenters. The van der Waals surface area contributed by atoms with E-state index in [0.29, 0.717) is 55.8 Å². The van der Waals surface area contributed by atoms with Gasteiger partial charge in [-0.3, -0.25) is 4.79 Å². The lowest BCUT2D eigenvalue weighted by molar-refractivity contribution is -0.198. The molecule has 3 aromatic rings. The van der Waals surface area contributed by atoms with Crippen LogP contribution in [0.4, 0.5) is 29.3 Å². The van der Waals surface area contributed by atoms with Gasteiger partial charge in [-0.05, 0) is 42.4 Å². The van der Waals surface area contributed by atoms with E-state index in [9.17, 15) is 27.5 Å². The van der Waals surface area contributed by atoms with Crippen LogP contribution in [0.5, 0.6) is 11.6 Å². The Morgan fingerprint density at radius 1 is 1.15 bits per heavy atom. The molecule has 3 heterocycles. The van der Waals surface area contributed by atoms with Crippen molar-refractivity contribution in [2.24, 2.45) is 5.41 Å². The number of benzene rings is 2. The lowest BCUT2D eigenvalue weighted by Crippen LogP contribution is -2.41. The van der Waals surface area contributed by atoms with E-state index in [1.54, 1.807) is 0 Å². The summed E-state index contributed by atoms with van der Waals surface area (Å²) in [6.45, 7) is 1.65. The van der Waals surface area contributed by atoms with Crippen molar-refractivity contribution in [1.82, 2.24) is 15.3 Å². The van der Waals surface area contributed by atoms with Crippen LogP contribution in [0.3, 0.4) is 0 Å². The summed E-state index contributed by atoms with van der Waals surface area (Å²) in [6.07, 6.45) is -5.20. The fourth-order valence-corrected chi connectivity index (χ4v) is 5.52. The van der Waals surface area contributed by atoms with E-state index in [2.05, 4.69) is 15.3 Å². The molecule has 5 rings (SSSR count). The van der Waals surface area contributed by atoms with Gasteiger partial charge in [-0.2, -0.15) is 23.1 Å². The molecule has 4 N–H and O–H groups in total. The number of hydrogen-bond acceptors (Lipinski definition) is 8. The summed E-state index contributed by atoms with van der Waals surface area (Å²) in [5, 5.41) is 12.4. The van der Waals surface area contributed by atoms with Crippen molar-refractivity contribution < 1.29 is 36.9 Å². The molecule has 13 heteroatoms. The predicted octanol–water partition coefficient (Wildman–Crippen LogP) is 4.59. The van der Waals surface area contributed by atoms with Crippen LogP contribution in [0.2, 0.25) is 0 Å². The fraction of sp³-hybridized carbons (Fsp3) is 0.393. The number of rotatable bonds is 7. The third kappa shape index (κ3) is 6.14. The molecule has 0 aliphatic carbocycles. The maximum absolute atomic E-state index is 14.2. The number of nitrogen functional groups attached to an aromatic ring is 1. The topological polar surface area (TPSA) is 123 Å². The van der Waals surface area contributed by atoms with Crippen molar-refractivity contribution >= 4 is 17.7 Å². The molecule has 1 spiro atoms. The first-order valence-corrected chi connectivity index (χ1v) is 13.0. The van der Waals surface area contributed by atoms with Crippen LogP contribution < -0.4 is 25.4 Å². The molecule has 0 saturated carbocycles. The number of carboxylic acids is 1. The third-order valence-electron chi connectivity index (χ3n) is 7.74. The zero-order chi connectivity index (χ0) is 29.4. The standard InChI is InChI=1S/C28H29F4N5O4/c1-40-21-12-18(29)6-7-19(21)16-2-4-17(5-3-16)24(28(30,31)32)41-23-13-22(35-26(33)36-23)37-10-8-27(9-11-37)14-20(25(38)39)34-15-27/h2-7,12-13,20,24,34H,8-11,14-15H2,1H3,(H,38,39)(H2,33,35,36)/t20-,24+/m0/s1. The van der Waals surface area contributed by atoms with Crippen LogP contribution in [0.15, 0.2) is 48.5 Å². The molecule has 218 valence electrons. The molecule has 2 fully saturated rings. The molecule has 1 aromatic heterocycles. The first-order valence-electron chi connectivity index (χ1n) is 13.0. The molecule has 2 aliphatic rings. The van der Waals surface area contributed by atoms with Crippen LogP contribution in [-0.2, 0) is 4.79 Å². The minimum absolute atomic E-state index is 0.150. The Bertz CT molecular complexity index is 1410. The van der Waals surface area contributed by atoms with Crippen LogP contribution in [0.25, 0.3) is 11.1 Å². The van der Waals surface area contributed by atoms with Crippen LogP contribution >= 0.6 is 0 Å². The van der Waals surface area contributed by atoms with E-state index in [4.69, 9.17) is 15.2 Å². The second-order valence-corrected chi connectivity index (χ2v) is 10.4. The summed E-state index contributed by atoms with van der Waals surface area (Å²) < 4.78 is 66.7. The minimum Gasteiger partial charge on any atom is -0.496 e. The highest BCUT2D eigenvalue weighted by atomic mass is 19.4. The average Bonchev–Trinajstić information content (AvgIpc) is 3.35. The van der Waals surface area contributed by atoms with Crippen molar-refractivity contribution in [2.45, 2.75) is 37.6 Å². The summed E-state index contributed by atoms with van der Waals surface area (Å²) in [5.41, 5.74) is 6.60. The van der Waals surface area contributed by atoms with Gasteiger partial charge < -0.3 is 30.5 Å². The number of anilines is 2. The summed E-state index contributed by atoms with van der Waals surface area (Å²) in [7, 11) is 1.38. The van der Waals surface area contributed by atoms with Gasteiger partial charge in [0, 0.05) is 42.9 Å². The summed E-state index contributed by atoms with van der Waals surface area (Å²) >= 11 is 0. The van der Waals surface area contributed by atoms with Gasteiger partial charge in [0.15, 0.2) is 0 Å².